The molecule has 3 aromatic rings. The van der Waals surface area contributed by atoms with Crippen LogP contribution < -0.4 is 0 Å². The summed E-state index contributed by atoms with van der Waals surface area (Å²) < 4.78 is 0. The van der Waals surface area contributed by atoms with Crippen molar-refractivity contribution in [2.75, 3.05) is 0 Å². The van der Waals surface area contributed by atoms with E-state index < -0.39 is 5.97 Å². The Morgan fingerprint density at radius 2 is 1.95 bits per heavy atom. The van der Waals surface area contributed by atoms with Crippen LogP contribution in [0.2, 0.25) is 0 Å². The van der Waals surface area contributed by atoms with Gasteiger partial charge in [-0.05, 0) is 49.1 Å². The second-order valence-corrected chi connectivity index (χ2v) is 5.54. The minimum atomic E-state index is -0.786. The molecule has 2 N–H and O–H groups in total. The number of hydrogen-bond acceptors (Lipinski definition) is 2. The van der Waals surface area contributed by atoms with E-state index in [4.69, 9.17) is 5.11 Å². The fourth-order valence-corrected chi connectivity index (χ4v) is 2.90. The third kappa shape index (κ3) is 2.48. The number of benzene rings is 1. The summed E-state index contributed by atoms with van der Waals surface area (Å²) in [4.78, 5) is 18.9. The first-order valence-corrected chi connectivity index (χ1v) is 7.32. The minimum absolute atomic E-state index is 0.111. The Bertz CT molecular complexity index is 835. The quantitative estimate of drug-likeness (QED) is 0.767. The fraction of sp³-hybridized carbons (Fsp3) is 0.222. The van der Waals surface area contributed by atoms with Crippen LogP contribution in [-0.2, 0) is 11.2 Å². The zero-order valence-electron chi connectivity index (χ0n) is 12.7. The van der Waals surface area contributed by atoms with E-state index in [9.17, 15) is 4.79 Å². The number of aliphatic carboxylic acids is 1. The van der Waals surface area contributed by atoms with Gasteiger partial charge in [-0.3, -0.25) is 9.78 Å². The highest BCUT2D eigenvalue weighted by atomic mass is 16.4. The van der Waals surface area contributed by atoms with E-state index in [1.165, 1.54) is 0 Å². The lowest BCUT2D eigenvalue weighted by molar-refractivity contribution is -0.136. The first-order chi connectivity index (χ1) is 10.6. The number of rotatable bonds is 4. The van der Waals surface area contributed by atoms with Crippen LogP contribution in [0.3, 0.4) is 0 Å². The molecule has 22 heavy (non-hydrogen) atoms. The molecule has 0 aliphatic rings. The molecular formula is C18H18N2O2. The van der Waals surface area contributed by atoms with E-state index in [2.05, 4.69) is 35.9 Å². The number of pyridine rings is 1. The van der Waals surface area contributed by atoms with Crippen LogP contribution >= 0.6 is 0 Å². The van der Waals surface area contributed by atoms with E-state index in [-0.39, 0.29) is 6.42 Å². The lowest BCUT2D eigenvalue weighted by Gasteiger charge is -2.05. The molecule has 0 aliphatic heterocycles. The summed E-state index contributed by atoms with van der Waals surface area (Å²) in [5, 5.41) is 10.2. The molecule has 0 fully saturated rings. The Balaban J connectivity index is 2.26. The van der Waals surface area contributed by atoms with Crippen LogP contribution in [0.5, 0.6) is 0 Å². The molecule has 2 heterocycles. The van der Waals surface area contributed by atoms with E-state index in [0.29, 0.717) is 6.42 Å². The molecule has 0 bridgehead atoms. The normalized spacial score (nSPS) is 11.0. The molecular weight excluding hydrogens is 276 g/mol. The predicted molar refractivity (Wildman–Crippen MR) is 87.0 cm³/mol. The molecule has 0 saturated carbocycles. The van der Waals surface area contributed by atoms with Crippen LogP contribution in [0.4, 0.5) is 0 Å². The summed E-state index contributed by atoms with van der Waals surface area (Å²) in [6.45, 7) is 4.11. The van der Waals surface area contributed by atoms with Crippen molar-refractivity contribution in [3.8, 4) is 11.4 Å². The average Bonchev–Trinajstić information content (AvgIpc) is 2.90. The Hall–Kier alpha value is -2.62. The highest BCUT2D eigenvalue weighted by molar-refractivity contribution is 5.94. The van der Waals surface area contributed by atoms with Gasteiger partial charge in [-0.25, -0.2) is 0 Å². The minimum Gasteiger partial charge on any atom is -0.481 e. The summed E-state index contributed by atoms with van der Waals surface area (Å²) in [6, 6.07) is 9.92. The standard InChI is InChI=1S/C18H18N2O2/c1-11-6-7-12(2)17-16(11)13(8-9-15(21)22)18(20-17)14-5-3-4-10-19-14/h3-7,10,20H,8-9H2,1-2H3,(H,21,22). The maximum atomic E-state index is 11.0. The number of fused-ring (bicyclic) bond motifs is 1. The number of hydrogen-bond donors (Lipinski definition) is 2. The van der Waals surface area contributed by atoms with Crippen LogP contribution in [0.1, 0.15) is 23.1 Å². The lowest BCUT2D eigenvalue weighted by atomic mass is 9.99. The molecule has 3 rings (SSSR count). The summed E-state index contributed by atoms with van der Waals surface area (Å²) in [6.07, 6.45) is 2.35. The second-order valence-electron chi connectivity index (χ2n) is 5.54. The summed E-state index contributed by atoms with van der Waals surface area (Å²) in [5.41, 5.74) is 6.18. The van der Waals surface area contributed by atoms with Crippen molar-refractivity contribution >= 4 is 16.9 Å². The van der Waals surface area contributed by atoms with Crippen molar-refractivity contribution in [3.05, 3.63) is 53.2 Å². The molecule has 4 nitrogen and oxygen atoms in total. The van der Waals surface area contributed by atoms with Gasteiger partial charge >= 0.3 is 5.97 Å². The van der Waals surface area contributed by atoms with Gasteiger partial charge < -0.3 is 10.1 Å². The number of aromatic nitrogens is 2. The van der Waals surface area contributed by atoms with Crippen molar-refractivity contribution in [3.63, 3.8) is 0 Å². The van der Waals surface area contributed by atoms with Gasteiger partial charge in [0.1, 0.15) is 0 Å². The van der Waals surface area contributed by atoms with Crippen molar-refractivity contribution in [2.45, 2.75) is 26.7 Å². The van der Waals surface area contributed by atoms with Gasteiger partial charge in [0.15, 0.2) is 0 Å². The van der Waals surface area contributed by atoms with Gasteiger partial charge in [-0.1, -0.05) is 18.2 Å². The fourth-order valence-electron chi connectivity index (χ4n) is 2.90. The third-order valence-electron chi connectivity index (χ3n) is 3.99. The van der Waals surface area contributed by atoms with Crippen LogP contribution in [0, 0.1) is 13.8 Å². The predicted octanol–water partition coefficient (Wildman–Crippen LogP) is 3.86. The SMILES string of the molecule is Cc1ccc(C)c2c(CCC(=O)O)c(-c3ccccn3)[nH]c12. The van der Waals surface area contributed by atoms with Gasteiger partial charge in [0, 0.05) is 23.5 Å². The summed E-state index contributed by atoms with van der Waals surface area (Å²) >= 11 is 0. The number of H-pyrrole nitrogens is 1. The number of nitrogens with one attached hydrogen (secondary N) is 1. The highest BCUT2D eigenvalue weighted by Gasteiger charge is 2.17. The summed E-state index contributed by atoms with van der Waals surface area (Å²) in [5.74, 6) is -0.786. The van der Waals surface area contributed by atoms with Gasteiger partial charge in [-0.2, -0.15) is 0 Å². The van der Waals surface area contributed by atoms with Crippen molar-refractivity contribution in [2.24, 2.45) is 0 Å². The Morgan fingerprint density at radius 3 is 2.64 bits per heavy atom. The molecule has 0 radical (unpaired) electrons. The van der Waals surface area contributed by atoms with Crippen molar-refractivity contribution in [1.82, 2.24) is 9.97 Å². The molecule has 1 aromatic carbocycles. The molecule has 0 spiro atoms. The first-order valence-electron chi connectivity index (χ1n) is 7.32. The molecule has 0 saturated heterocycles. The largest absolute Gasteiger partial charge is 0.481 e. The highest BCUT2D eigenvalue weighted by Crippen LogP contribution is 2.33. The topological polar surface area (TPSA) is 66.0 Å². The van der Waals surface area contributed by atoms with Gasteiger partial charge in [0.25, 0.3) is 0 Å². The number of carbonyl (C=O) groups is 1. The number of aryl methyl sites for hydroxylation is 3. The number of carboxylic acid groups (broad SMARTS) is 1. The summed E-state index contributed by atoms with van der Waals surface area (Å²) in [7, 11) is 0. The number of aromatic amines is 1. The molecule has 0 atom stereocenters. The van der Waals surface area contributed by atoms with Crippen molar-refractivity contribution < 1.29 is 9.90 Å². The zero-order valence-corrected chi connectivity index (χ0v) is 12.7. The van der Waals surface area contributed by atoms with Crippen LogP contribution in [-0.4, -0.2) is 21.0 Å². The Kier molecular flexibility index (Phi) is 3.67. The smallest absolute Gasteiger partial charge is 0.303 e. The van der Waals surface area contributed by atoms with E-state index in [0.717, 1.165) is 39.0 Å². The van der Waals surface area contributed by atoms with E-state index in [1.807, 2.05) is 18.2 Å². The first kappa shape index (κ1) is 14.3. The molecule has 4 heteroatoms. The number of carboxylic acids is 1. The zero-order chi connectivity index (χ0) is 15.7. The van der Waals surface area contributed by atoms with Gasteiger partial charge in [-0.15, -0.1) is 0 Å². The number of nitrogens with zero attached hydrogens (tertiary/aromatic N) is 1. The maximum absolute atomic E-state index is 11.0. The van der Waals surface area contributed by atoms with Crippen LogP contribution in [0.15, 0.2) is 36.5 Å². The van der Waals surface area contributed by atoms with E-state index >= 15 is 0 Å². The van der Waals surface area contributed by atoms with Gasteiger partial charge in [0.2, 0.25) is 0 Å². The van der Waals surface area contributed by atoms with Crippen molar-refractivity contribution in [1.29, 1.82) is 0 Å². The molecule has 0 unspecified atom stereocenters. The Labute approximate surface area is 128 Å². The van der Waals surface area contributed by atoms with Gasteiger partial charge in [0.05, 0.1) is 11.4 Å². The molecule has 0 amide bonds. The average molecular weight is 294 g/mol. The second kappa shape index (κ2) is 5.64. The lowest BCUT2D eigenvalue weighted by Crippen LogP contribution is -1.99. The molecule has 0 aliphatic carbocycles. The molecule has 2 aromatic heterocycles. The van der Waals surface area contributed by atoms with E-state index in [1.54, 1.807) is 6.20 Å². The molecule has 112 valence electrons. The maximum Gasteiger partial charge on any atom is 0.303 e. The van der Waals surface area contributed by atoms with Crippen LogP contribution in [0.25, 0.3) is 22.3 Å². The Morgan fingerprint density at radius 1 is 1.18 bits per heavy atom. The monoisotopic (exact) mass is 294 g/mol. The third-order valence-corrected chi connectivity index (χ3v) is 3.99.